The minimum atomic E-state index is -1.26. The van der Waals surface area contributed by atoms with Crippen molar-refractivity contribution < 1.29 is 14.6 Å². The molecule has 0 bridgehead atoms. The molecule has 0 aliphatic heterocycles. The molecule has 2 aromatic heterocycles. The summed E-state index contributed by atoms with van der Waals surface area (Å²) in [5.74, 6) is 0.585. The van der Waals surface area contributed by atoms with Crippen molar-refractivity contribution in [2.75, 3.05) is 12.4 Å². The molecule has 8 nitrogen and oxygen atoms in total. The molecule has 0 fully saturated rings. The zero-order chi connectivity index (χ0) is 19.2. The lowest BCUT2D eigenvalue weighted by molar-refractivity contribution is -0.297. The molecule has 0 aliphatic carbocycles. The van der Waals surface area contributed by atoms with Crippen LogP contribution >= 0.6 is 0 Å². The van der Waals surface area contributed by atoms with Gasteiger partial charge in [-0.2, -0.15) is 10.1 Å². The summed E-state index contributed by atoms with van der Waals surface area (Å²) < 4.78 is 6.76. The highest BCUT2D eigenvalue weighted by atomic mass is 16.5. The molecular weight excluding hydrogens is 346 g/mol. The number of carboxylic acid groups (broad SMARTS) is 1. The third-order valence-corrected chi connectivity index (χ3v) is 3.91. The van der Waals surface area contributed by atoms with Crippen LogP contribution in [0.5, 0.6) is 5.75 Å². The number of nitrogens with one attached hydrogen (secondary N) is 1. The van der Waals surface area contributed by atoms with Crippen LogP contribution in [0.1, 0.15) is 16.8 Å². The molecule has 138 valence electrons. The van der Waals surface area contributed by atoms with Gasteiger partial charge in [-0.15, -0.1) is 0 Å². The van der Waals surface area contributed by atoms with E-state index in [9.17, 15) is 9.90 Å². The van der Waals surface area contributed by atoms with Crippen LogP contribution in [0.2, 0.25) is 0 Å². The molecule has 27 heavy (non-hydrogen) atoms. The number of nitrogens with zero attached hydrogens (tertiary/aromatic N) is 4. The SMILES string of the molecule is COc1ccc(CNc2nccc(-n3ncc(/C=C/C(=O)[O-])c3C)n2)cc1. The number of carbonyl (C=O) groups is 1. The van der Waals surface area contributed by atoms with Crippen LogP contribution in [-0.2, 0) is 11.3 Å². The predicted molar refractivity (Wildman–Crippen MR) is 98.3 cm³/mol. The summed E-state index contributed by atoms with van der Waals surface area (Å²) in [6.07, 6.45) is 5.62. The van der Waals surface area contributed by atoms with Crippen molar-refractivity contribution in [1.82, 2.24) is 19.7 Å². The van der Waals surface area contributed by atoms with E-state index in [0.717, 1.165) is 23.1 Å². The normalized spacial score (nSPS) is 10.9. The minimum Gasteiger partial charge on any atom is -0.545 e. The number of benzene rings is 1. The van der Waals surface area contributed by atoms with Crippen LogP contribution in [-0.4, -0.2) is 32.8 Å². The quantitative estimate of drug-likeness (QED) is 0.631. The van der Waals surface area contributed by atoms with Crippen molar-refractivity contribution in [2.24, 2.45) is 0 Å². The third kappa shape index (κ3) is 4.49. The van der Waals surface area contributed by atoms with E-state index in [1.165, 1.54) is 6.08 Å². The molecule has 0 saturated heterocycles. The summed E-state index contributed by atoms with van der Waals surface area (Å²) >= 11 is 0. The third-order valence-electron chi connectivity index (χ3n) is 3.91. The van der Waals surface area contributed by atoms with E-state index in [1.807, 2.05) is 31.2 Å². The first-order chi connectivity index (χ1) is 13.1. The van der Waals surface area contributed by atoms with E-state index in [1.54, 1.807) is 30.3 Å². The smallest absolute Gasteiger partial charge is 0.224 e. The number of rotatable bonds is 7. The molecule has 0 radical (unpaired) electrons. The van der Waals surface area contributed by atoms with E-state index < -0.39 is 5.97 Å². The second-order valence-corrected chi connectivity index (χ2v) is 5.69. The van der Waals surface area contributed by atoms with E-state index >= 15 is 0 Å². The molecule has 1 N–H and O–H groups in total. The van der Waals surface area contributed by atoms with Crippen molar-refractivity contribution in [3.8, 4) is 11.6 Å². The van der Waals surface area contributed by atoms with Gasteiger partial charge in [-0.3, -0.25) is 0 Å². The van der Waals surface area contributed by atoms with Gasteiger partial charge in [0.2, 0.25) is 5.95 Å². The molecular formula is C19H18N5O3-. The Morgan fingerprint density at radius 1 is 1.30 bits per heavy atom. The lowest BCUT2D eigenvalue weighted by Crippen LogP contribution is -2.18. The van der Waals surface area contributed by atoms with E-state index in [0.29, 0.717) is 23.9 Å². The van der Waals surface area contributed by atoms with Crippen LogP contribution in [0.3, 0.4) is 0 Å². The summed E-state index contributed by atoms with van der Waals surface area (Å²) in [5, 5.41) is 18.0. The summed E-state index contributed by atoms with van der Waals surface area (Å²) in [5.41, 5.74) is 2.49. The lowest BCUT2D eigenvalue weighted by atomic mass is 10.2. The first-order valence-electron chi connectivity index (χ1n) is 8.20. The fourth-order valence-electron chi connectivity index (χ4n) is 2.45. The van der Waals surface area contributed by atoms with Crippen molar-refractivity contribution in [2.45, 2.75) is 13.5 Å². The maximum atomic E-state index is 10.6. The molecule has 0 spiro atoms. The molecule has 3 aromatic rings. The van der Waals surface area contributed by atoms with E-state index in [-0.39, 0.29) is 0 Å². The number of aromatic nitrogens is 4. The fraction of sp³-hybridized carbons (Fsp3) is 0.158. The Balaban J connectivity index is 1.74. The minimum absolute atomic E-state index is 0.463. The number of ether oxygens (including phenoxy) is 1. The maximum Gasteiger partial charge on any atom is 0.224 e. The van der Waals surface area contributed by atoms with E-state index in [4.69, 9.17) is 4.74 Å². The molecule has 2 heterocycles. The van der Waals surface area contributed by atoms with Crippen molar-refractivity contribution in [3.63, 3.8) is 0 Å². The van der Waals surface area contributed by atoms with Gasteiger partial charge in [0.1, 0.15) is 5.75 Å². The van der Waals surface area contributed by atoms with Crippen molar-refractivity contribution >= 4 is 18.0 Å². The second-order valence-electron chi connectivity index (χ2n) is 5.69. The van der Waals surface area contributed by atoms with Gasteiger partial charge in [0, 0.05) is 24.4 Å². The lowest BCUT2D eigenvalue weighted by Gasteiger charge is -2.08. The largest absolute Gasteiger partial charge is 0.545 e. The summed E-state index contributed by atoms with van der Waals surface area (Å²) in [4.78, 5) is 19.3. The highest BCUT2D eigenvalue weighted by Crippen LogP contribution is 2.15. The highest BCUT2D eigenvalue weighted by molar-refractivity contribution is 5.83. The summed E-state index contributed by atoms with van der Waals surface area (Å²) in [6, 6.07) is 9.43. The number of aliphatic carboxylic acids is 1. The Morgan fingerprint density at radius 2 is 2.07 bits per heavy atom. The fourth-order valence-corrected chi connectivity index (χ4v) is 2.45. The summed E-state index contributed by atoms with van der Waals surface area (Å²) in [7, 11) is 1.63. The molecule has 0 unspecified atom stereocenters. The standard InChI is InChI=1S/C19H19N5O3/c1-13-15(5-8-18(25)26)12-22-24(13)17-9-10-20-19(23-17)21-11-14-3-6-16(27-2)7-4-14/h3-10,12H,11H2,1-2H3,(H,25,26)(H,20,21,23)/p-1/b8-5+. The Kier molecular flexibility index (Phi) is 5.46. The van der Waals surface area contributed by atoms with Gasteiger partial charge in [0.15, 0.2) is 5.82 Å². The molecule has 0 aliphatic rings. The topological polar surface area (TPSA) is 105 Å². The van der Waals surface area contributed by atoms with Crippen molar-refractivity contribution in [3.05, 3.63) is 65.6 Å². The Morgan fingerprint density at radius 3 is 2.78 bits per heavy atom. The first kappa shape index (κ1) is 18.1. The van der Waals surface area contributed by atoms with Crippen LogP contribution < -0.4 is 15.2 Å². The summed E-state index contributed by atoms with van der Waals surface area (Å²) in [6.45, 7) is 2.39. The highest BCUT2D eigenvalue weighted by Gasteiger charge is 2.08. The van der Waals surface area contributed by atoms with Crippen molar-refractivity contribution in [1.29, 1.82) is 0 Å². The van der Waals surface area contributed by atoms with Gasteiger partial charge >= 0.3 is 0 Å². The second kappa shape index (κ2) is 8.13. The van der Waals surface area contributed by atoms with Gasteiger partial charge < -0.3 is 20.0 Å². The zero-order valence-electron chi connectivity index (χ0n) is 14.9. The van der Waals surface area contributed by atoms with Gasteiger partial charge in [0.05, 0.1) is 25.0 Å². The number of anilines is 1. The molecule has 0 amide bonds. The Hall–Kier alpha value is -3.68. The van der Waals surface area contributed by atoms with Crippen LogP contribution in [0.15, 0.2) is 48.8 Å². The average molecular weight is 364 g/mol. The predicted octanol–water partition coefficient (Wildman–Crippen LogP) is 1.35. The van der Waals surface area contributed by atoms with Crippen LogP contribution in [0, 0.1) is 6.92 Å². The molecule has 1 aromatic carbocycles. The number of methoxy groups -OCH3 is 1. The number of hydrogen-bond acceptors (Lipinski definition) is 7. The van der Waals surface area contributed by atoms with Gasteiger partial charge in [0.25, 0.3) is 0 Å². The van der Waals surface area contributed by atoms with Gasteiger partial charge in [-0.25, -0.2) is 9.67 Å². The number of hydrogen-bond donors (Lipinski definition) is 1. The van der Waals surface area contributed by atoms with Gasteiger partial charge in [-0.1, -0.05) is 12.1 Å². The molecule has 0 saturated carbocycles. The Bertz CT molecular complexity index is 964. The maximum absolute atomic E-state index is 10.6. The number of carboxylic acids is 1. The molecule has 8 heteroatoms. The zero-order valence-corrected chi connectivity index (χ0v) is 14.9. The first-order valence-corrected chi connectivity index (χ1v) is 8.20. The molecule has 0 atom stereocenters. The van der Waals surface area contributed by atoms with Crippen LogP contribution in [0.4, 0.5) is 5.95 Å². The van der Waals surface area contributed by atoms with Crippen LogP contribution in [0.25, 0.3) is 11.9 Å². The average Bonchev–Trinajstić information content (AvgIpc) is 3.06. The Labute approximate surface area is 156 Å². The van der Waals surface area contributed by atoms with Gasteiger partial charge in [-0.05, 0) is 36.8 Å². The molecule has 3 rings (SSSR count). The monoisotopic (exact) mass is 364 g/mol. The van der Waals surface area contributed by atoms with E-state index in [2.05, 4.69) is 20.4 Å². The number of carbonyl (C=O) groups excluding carboxylic acids is 1.